The average molecular weight is 467 g/mol. The lowest BCUT2D eigenvalue weighted by Crippen LogP contribution is -2.40. The highest BCUT2D eigenvalue weighted by molar-refractivity contribution is 5.79. The summed E-state index contributed by atoms with van der Waals surface area (Å²) in [6.45, 7) is 6.25. The first-order valence-electron chi connectivity index (χ1n) is 11.8. The third-order valence-corrected chi connectivity index (χ3v) is 6.23. The molecule has 0 radical (unpaired) electrons. The fraction of sp³-hybridized carbons (Fsp3) is 0.444. The summed E-state index contributed by atoms with van der Waals surface area (Å²) in [7, 11) is 0. The minimum Gasteiger partial charge on any atom is -0.481 e. The number of nitrogens with one attached hydrogen (secondary N) is 2. The number of alkyl carbamates (subject to hydrolysis) is 1. The molecular formula is C27H34N2O5. The van der Waals surface area contributed by atoms with Crippen LogP contribution in [0, 0.1) is 11.3 Å². The maximum absolute atomic E-state index is 12.4. The van der Waals surface area contributed by atoms with Crippen molar-refractivity contribution in [2.45, 2.75) is 46.0 Å². The molecule has 34 heavy (non-hydrogen) atoms. The van der Waals surface area contributed by atoms with Crippen molar-refractivity contribution >= 4 is 18.0 Å². The largest absolute Gasteiger partial charge is 0.481 e. The first-order valence-corrected chi connectivity index (χ1v) is 11.8. The minimum absolute atomic E-state index is 0.0118. The number of carbonyl (C=O) groups is 3. The number of carboxylic acid groups (broad SMARTS) is 1. The molecule has 0 spiro atoms. The normalized spacial score (nSPS) is 13.5. The van der Waals surface area contributed by atoms with Gasteiger partial charge in [0.1, 0.15) is 6.61 Å². The molecule has 0 heterocycles. The smallest absolute Gasteiger partial charge is 0.407 e. The Morgan fingerprint density at radius 3 is 2.15 bits per heavy atom. The number of rotatable bonds is 11. The van der Waals surface area contributed by atoms with Crippen LogP contribution in [-0.4, -0.2) is 42.8 Å². The molecule has 1 aliphatic carbocycles. The molecule has 0 aromatic heterocycles. The van der Waals surface area contributed by atoms with E-state index >= 15 is 0 Å². The van der Waals surface area contributed by atoms with Gasteiger partial charge in [0.05, 0.1) is 5.92 Å². The van der Waals surface area contributed by atoms with Crippen LogP contribution < -0.4 is 10.6 Å². The third kappa shape index (κ3) is 6.37. The van der Waals surface area contributed by atoms with Gasteiger partial charge in [0, 0.05) is 25.4 Å². The van der Waals surface area contributed by atoms with Gasteiger partial charge < -0.3 is 20.5 Å². The number of hydrogen-bond acceptors (Lipinski definition) is 4. The van der Waals surface area contributed by atoms with Gasteiger partial charge in [0.2, 0.25) is 5.91 Å². The summed E-state index contributed by atoms with van der Waals surface area (Å²) < 4.78 is 5.56. The van der Waals surface area contributed by atoms with Crippen LogP contribution >= 0.6 is 0 Å². The molecule has 2 aromatic rings. The summed E-state index contributed by atoms with van der Waals surface area (Å²) in [5, 5.41) is 14.7. The molecule has 182 valence electrons. The van der Waals surface area contributed by atoms with Gasteiger partial charge >= 0.3 is 12.1 Å². The standard InChI is InChI=1S/C27H34N2O5/c1-4-9-18(25(31)32)15-28-24(30)14-27(2,3)17-29-26(33)34-16-23-21-12-7-5-10-19(21)20-11-6-8-13-22(20)23/h5-8,10-13,18,23H,4,9,14-17H2,1-3H3,(H,28,30)(H,29,33)(H,31,32). The number of aliphatic carboxylic acids is 1. The molecule has 7 nitrogen and oxygen atoms in total. The molecule has 2 aromatic carbocycles. The molecule has 1 unspecified atom stereocenters. The second kappa shape index (κ2) is 11.2. The third-order valence-electron chi connectivity index (χ3n) is 6.23. The van der Waals surface area contributed by atoms with Crippen molar-refractivity contribution in [1.29, 1.82) is 0 Å². The number of hydrogen-bond donors (Lipinski definition) is 3. The molecule has 0 saturated carbocycles. The predicted octanol–water partition coefficient (Wildman–Crippen LogP) is 4.56. The van der Waals surface area contributed by atoms with Gasteiger partial charge in [-0.1, -0.05) is 75.7 Å². The number of carboxylic acids is 1. The number of amides is 2. The highest BCUT2D eigenvalue weighted by Gasteiger charge is 2.29. The van der Waals surface area contributed by atoms with Crippen molar-refractivity contribution < 1.29 is 24.2 Å². The van der Waals surface area contributed by atoms with E-state index < -0.39 is 23.4 Å². The lowest BCUT2D eigenvalue weighted by molar-refractivity contribution is -0.142. The maximum atomic E-state index is 12.4. The summed E-state index contributed by atoms with van der Waals surface area (Å²) >= 11 is 0. The second-order valence-electron chi connectivity index (χ2n) is 9.65. The summed E-state index contributed by atoms with van der Waals surface area (Å²) in [5.74, 6) is -1.74. The molecule has 1 atom stereocenters. The molecular weight excluding hydrogens is 432 g/mol. The Bertz CT molecular complexity index is 988. The molecule has 0 saturated heterocycles. The van der Waals surface area contributed by atoms with E-state index in [1.54, 1.807) is 0 Å². The van der Waals surface area contributed by atoms with Crippen LogP contribution in [0.5, 0.6) is 0 Å². The monoisotopic (exact) mass is 466 g/mol. The average Bonchev–Trinajstić information content (AvgIpc) is 3.12. The molecule has 0 fully saturated rings. The zero-order valence-electron chi connectivity index (χ0n) is 20.1. The van der Waals surface area contributed by atoms with Gasteiger partial charge in [-0.2, -0.15) is 0 Å². The van der Waals surface area contributed by atoms with E-state index in [0.717, 1.165) is 17.5 Å². The van der Waals surface area contributed by atoms with E-state index in [-0.39, 0.29) is 37.9 Å². The Labute approximate surface area is 200 Å². The first-order chi connectivity index (χ1) is 16.2. The van der Waals surface area contributed by atoms with E-state index in [1.165, 1.54) is 11.1 Å². The fourth-order valence-electron chi connectivity index (χ4n) is 4.42. The van der Waals surface area contributed by atoms with E-state index in [2.05, 4.69) is 34.9 Å². The van der Waals surface area contributed by atoms with Gasteiger partial charge in [0.25, 0.3) is 0 Å². The number of ether oxygens (including phenoxy) is 1. The molecule has 2 amide bonds. The zero-order chi connectivity index (χ0) is 24.7. The van der Waals surface area contributed by atoms with Gasteiger partial charge in [-0.25, -0.2) is 4.79 Å². The number of fused-ring (bicyclic) bond motifs is 3. The van der Waals surface area contributed by atoms with Crippen LogP contribution in [0.1, 0.15) is 57.1 Å². The number of carbonyl (C=O) groups excluding carboxylic acids is 2. The van der Waals surface area contributed by atoms with Crippen LogP contribution in [0.25, 0.3) is 11.1 Å². The molecule has 7 heteroatoms. The molecule has 0 aliphatic heterocycles. The van der Waals surface area contributed by atoms with Crippen molar-refractivity contribution in [2.75, 3.05) is 19.7 Å². The Morgan fingerprint density at radius 2 is 1.59 bits per heavy atom. The first kappa shape index (κ1) is 25.3. The SMILES string of the molecule is CCCC(CNC(=O)CC(C)(C)CNC(=O)OCC1c2ccccc2-c2ccccc21)C(=O)O. The Hall–Kier alpha value is -3.35. The summed E-state index contributed by atoms with van der Waals surface area (Å²) in [5.41, 5.74) is 4.12. The summed E-state index contributed by atoms with van der Waals surface area (Å²) in [4.78, 5) is 36.0. The summed E-state index contributed by atoms with van der Waals surface area (Å²) in [6, 6.07) is 16.3. The lowest BCUT2D eigenvalue weighted by atomic mass is 9.89. The van der Waals surface area contributed by atoms with E-state index in [9.17, 15) is 19.5 Å². The van der Waals surface area contributed by atoms with E-state index in [0.29, 0.717) is 6.42 Å². The van der Waals surface area contributed by atoms with Gasteiger partial charge in [0.15, 0.2) is 0 Å². The quantitative estimate of drug-likeness (QED) is 0.450. The van der Waals surface area contributed by atoms with E-state index in [4.69, 9.17) is 4.74 Å². The van der Waals surface area contributed by atoms with Crippen molar-refractivity contribution in [3.8, 4) is 11.1 Å². The second-order valence-corrected chi connectivity index (χ2v) is 9.65. The fourth-order valence-corrected chi connectivity index (χ4v) is 4.42. The van der Waals surface area contributed by atoms with Crippen LogP contribution in [-0.2, 0) is 14.3 Å². The highest BCUT2D eigenvalue weighted by atomic mass is 16.5. The van der Waals surface area contributed by atoms with Crippen molar-refractivity contribution in [2.24, 2.45) is 11.3 Å². The molecule has 3 N–H and O–H groups in total. The lowest BCUT2D eigenvalue weighted by Gasteiger charge is -2.25. The van der Waals surface area contributed by atoms with Crippen LogP contribution in [0.4, 0.5) is 4.79 Å². The molecule has 0 bridgehead atoms. The van der Waals surface area contributed by atoms with Crippen LogP contribution in [0.15, 0.2) is 48.5 Å². The maximum Gasteiger partial charge on any atom is 0.407 e. The summed E-state index contributed by atoms with van der Waals surface area (Å²) in [6.07, 6.45) is 0.893. The number of benzene rings is 2. The Balaban J connectivity index is 1.47. The van der Waals surface area contributed by atoms with Crippen molar-refractivity contribution in [3.63, 3.8) is 0 Å². The minimum atomic E-state index is -0.904. The van der Waals surface area contributed by atoms with Gasteiger partial charge in [-0.15, -0.1) is 0 Å². The molecule has 1 aliphatic rings. The van der Waals surface area contributed by atoms with E-state index in [1.807, 2.05) is 45.0 Å². The Kier molecular flexibility index (Phi) is 8.31. The Morgan fingerprint density at radius 1 is 1.00 bits per heavy atom. The predicted molar refractivity (Wildman–Crippen MR) is 131 cm³/mol. The van der Waals surface area contributed by atoms with Gasteiger partial charge in [-0.05, 0) is 34.1 Å². The van der Waals surface area contributed by atoms with Gasteiger partial charge in [-0.3, -0.25) is 9.59 Å². The van der Waals surface area contributed by atoms with Crippen molar-refractivity contribution in [1.82, 2.24) is 10.6 Å². The topological polar surface area (TPSA) is 105 Å². The van der Waals surface area contributed by atoms with Crippen LogP contribution in [0.2, 0.25) is 0 Å². The van der Waals surface area contributed by atoms with Crippen molar-refractivity contribution in [3.05, 3.63) is 59.7 Å². The molecule has 3 rings (SSSR count). The highest BCUT2D eigenvalue weighted by Crippen LogP contribution is 2.44. The van der Waals surface area contributed by atoms with Crippen LogP contribution in [0.3, 0.4) is 0 Å². The zero-order valence-corrected chi connectivity index (χ0v) is 20.1.